The zero-order valence-electron chi connectivity index (χ0n) is 13.3. The lowest BCUT2D eigenvalue weighted by molar-refractivity contribution is -0.153. The van der Waals surface area contributed by atoms with Crippen LogP contribution in [0.3, 0.4) is 0 Å². The summed E-state index contributed by atoms with van der Waals surface area (Å²) in [6, 6.07) is 10.0. The fourth-order valence-electron chi connectivity index (χ4n) is 3.09. The Morgan fingerprint density at radius 3 is 2.71 bits per heavy atom. The maximum absolute atomic E-state index is 12.3. The van der Waals surface area contributed by atoms with Gasteiger partial charge in [0.2, 0.25) is 0 Å². The lowest BCUT2D eigenvalue weighted by Crippen LogP contribution is -2.27. The van der Waals surface area contributed by atoms with E-state index in [1.165, 1.54) is 0 Å². The summed E-state index contributed by atoms with van der Waals surface area (Å²) in [5.74, 6) is 1.27. The van der Waals surface area contributed by atoms with E-state index in [1.54, 1.807) is 0 Å². The molecule has 0 saturated heterocycles. The van der Waals surface area contributed by atoms with Gasteiger partial charge < -0.3 is 4.74 Å². The molecule has 0 spiro atoms. The molecule has 1 aromatic rings. The van der Waals surface area contributed by atoms with Gasteiger partial charge in [0.05, 0.1) is 5.41 Å². The number of rotatable bonds is 5. The highest BCUT2D eigenvalue weighted by Gasteiger charge is 2.43. The molecule has 0 radical (unpaired) electrons. The normalized spacial score (nSPS) is 25.6. The molecule has 1 aromatic carbocycles. The van der Waals surface area contributed by atoms with E-state index in [4.69, 9.17) is 4.74 Å². The van der Waals surface area contributed by atoms with E-state index >= 15 is 0 Å². The molecular weight excluding hydrogens is 260 g/mol. The number of hydrogen-bond acceptors (Lipinski definition) is 2. The Morgan fingerprint density at radius 1 is 1.38 bits per heavy atom. The first kappa shape index (κ1) is 15.8. The summed E-state index contributed by atoms with van der Waals surface area (Å²) in [4.78, 5) is 12.3. The van der Waals surface area contributed by atoms with Gasteiger partial charge >= 0.3 is 5.97 Å². The van der Waals surface area contributed by atoms with Gasteiger partial charge in [-0.25, -0.2) is 0 Å². The topological polar surface area (TPSA) is 26.3 Å². The van der Waals surface area contributed by atoms with E-state index in [1.807, 2.05) is 42.5 Å². The van der Waals surface area contributed by atoms with Gasteiger partial charge in [0, 0.05) is 0 Å². The van der Waals surface area contributed by atoms with Crippen LogP contribution in [-0.2, 0) is 9.53 Å². The second-order valence-electron chi connectivity index (χ2n) is 6.72. The van der Waals surface area contributed by atoms with E-state index in [2.05, 4.69) is 20.8 Å². The third-order valence-electron chi connectivity index (χ3n) is 4.64. The summed E-state index contributed by atoms with van der Waals surface area (Å²) >= 11 is 0. The van der Waals surface area contributed by atoms with Crippen LogP contribution in [0.2, 0.25) is 0 Å². The van der Waals surface area contributed by atoms with Crippen molar-refractivity contribution in [3.63, 3.8) is 0 Å². The molecule has 0 N–H and O–H groups in total. The summed E-state index contributed by atoms with van der Waals surface area (Å²) in [5, 5.41) is 0. The monoisotopic (exact) mass is 286 g/mol. The Kier molecular flexibility index (Phi) is 5.22. The van der Waals surface area contributed by atoms with Crippen LogP contribution in [0.15, 0.2) is 36.4 Å². The van der Waals surface area contributed by atoms with Crippen LogP contribution >= 0.6 is 0 Å². The Hall–Kier alpha value is -1.57. The number of carbonyl (C=O) groups excluding carboxylic acids is 1. The zero-order chi connectivity index (χ0) is 15.3. The molecule has 2 atom stereocenters. The molecular formula is C19H26O2. The van der Waals surface area contributed by atoms with Crippen molar-refractivity contribution < 1.29 is 9.53 Å². The number of benzene rings is 1. The van der Waals surface area contributed by atoms with Crippen LogP contribution in [0.4, 0.5) is 0 Å². The number of ether oxygens (including phenoxy) is 1. The van der Waals surface area contributed by atoms with E-state index in [-0.39, 0.29) is 11.4 Å². The second-order valence-corrected chi connectivity index (χ2v) is 6.72. The summed E-state index contributed by atoms with van der Waals surface area (Å²) in [6.45, 7) is 6.89. The Labute approximate surface area is 128 Å². The average Bonchev–Trinajstić information content (AvgIpc) is 2.89. The van der Waals surface area contributed by atoms with Gasteiger partial charge in [0.25, 0.3) is 0 Å². The molecule has 0 amide bonds. The number of carbonyl (C=O) groups is 1. The molecule has 114 valence electrons. The molecule has 0 bridgehead atoms. The van der Waals surface area contributed by atoms with Gasteiger partial charge in [0.1, 0.15) is 6.61 Å². The highest BCUT2D eigenvalue weighted by Crippen LogP contribution is 2.45. The zero-order valence-corrected chi connectivity index (χ0v) is 13.3. The van der Waals surface area contributed by atoms with Crippen molar-refractivity contribution >= 4 is 12.0 Å². The molecule has 21 heavy (non-hydrogen) atoms. The molecule has 2 rings (SSSR count). The lowest BCUT2D eigenvalue weighted by Gasteiger charge is -2.22. The fourth-order valence-corrected chi connectivity index (χ4v) is 3.09. The van der Waals surface area contributed by atoms with Gasteiger partial charge in [-0.15, -0.1) is 0 Å². The highest BCUT2D eigenvalue weighted by molar-refractivity contribution is 5.77. The van der Waals surface area contributed by atoms with Crippen molar-refractivity contribution in [2.24, 2.45) is 17.3 Å². The quantitative estimate of drug-likeness (QED) is 0.733. The van der Waals surface area contributed by atoms with Gasteiger partial charge in [-0.3, -0.25) is 4.79 Å². The largest absolute Gasteiger partial charge is 0.461 e. The predicted octanol–water partition coefficient (Wildman–Crippen LogP) is 4.71. The fraction of sp³-hybridized carbons (Fsp3) is 0.526. The van der Waals surface area contributed by atoms with E-state index in [0.29, 0.717) is 18.4 Å². The summed E-state index contributed by atoms with van der Waals surface area (Å²) < 4.78 is 5.45. The van der Waals surface area contributed by atoms with E-state index in [9.17, 15) is 4.79 Å². The lowest BCUT2D eigenvalue weighted by atomic mass is 9.85. The average molecular weight is 286 g/mol. The van der Waals surface area contributed by atoms with Crippen molar-refractivity contribution in [3.8, 4) is 0 Å². The SMILES string of the molecule is CC(C)[C@H]1CC[C@@](C)(C(=O)OC/C=C/c2ccccc2)C1. The van der Waals surface area contributed by atoms with Crippen LogP contribution < -0.4 is 0 Å². The van der Waals surface area contributed by atoms with Crippen LogP contribution in [0.25, 0.3) is 6.08 Å². The third kappa shape index (κ3) is 4.20. The number of esters is 1. The smallest absolute Gasteiger partial charge is 0.312 e. The molecule has 1 fully saturated rings. The van der Waals surface area contributed by atoms with E-state index < -0.39 is 0 Å². The molecule has 0 heterocycles. The van der Waals surface area contributed by atoms with Gasteiger partial charge in [-0.05, 0) is 49.7 Å². The minimum atomic E-state index is -0.282. The molecule has 0 aliphatic heterocycles. The van der Waals surface area contributed by atoms with Crippen molar-refractivity contribution in [1.82, 2.24) is 0 Å². The van der Waals surface area contributed by atoms with Gasteiger partial charge in [-0.1, -0.05) is 50.3 Å². The maximum atomic E-state index is 12.3. The molecule has 2 nitrogen and oxygen atoms in total. The number of hydrogen-bond donors (Lipinski definition) is 0. The van der Waals surface area contributed by atoms with Crippen LogP contribution in [-0.4, -0.2) is 12.6 Å². The third-order valence-corrected chi connectivity index (χ3v) is 4.64. The summed E-state index contributed by atoms with van der Waals surface area (Å²) in [7, 11) is 0. The highest BCUT2D eigenvalue weighted by atomic mass is 16.5. The molecule has 1 saturated carbocycles. The minimum absolute atomic E-state index is 0.0386. The van der Waals surface area contributed by atoms with Gasteiger partial charge in [-0.2, -0.15) is 0 Å². The first-order valence-electron chi connectivity index (χ1n) is 7.90. The van der Waals surface area contributed by atoms with Crippen molar-refractivity contribution in [2.45, 2.75) is 40.0 Å². The molecule has 1 aliphatic carbocycles. The molecule has 0 aromatic heterocycles. The standard InChI is InChI=1S/C19H26O2/c1-15(2)17-11-12-19(3,14-17)18(20)21-13-7-10-16-8-5-4-6-9-16/h4-10,15,17H,11-14H2,1-3H3/b10-7+/t17-,19+/m0/s1. The van der Waals surface area contributed by atoms with Crippen LogP contribution in [0.5, 0.6) is 0 Å². The van der Waals surface area contributed by atoms with Crippen molar-refractivity contribution in [1.29, 1.82) is 0 Å². The Balaban J connectivity index is 1.81. The predicted molar refractivity (Wildman–Crippen MR) is 86.7 cm³/mol. The Morgan fingerprint density at radius 2 is 2.10 bits per heavy atom. The second kappa shape index (κ2) is 6.93. The minimum Gasteiger partial charge on any atom is -0.461 e. The van der Waals surface area contributed by atoms with Gasteiger partial charge in [0.15, 0.2) is 0 Å². The first-order chi connectivity index (χ1) is 10.0. The van der Waals surface area contributed by atoms with Crippen molar-refractivity contribution in [2.75, 3.05) is 6.61 Å². The molecule has 0 unspecified atom stereocenters. The molecule has 1 aliphatic rings. The first-order valence-corrected chi connectivity index (χ1v) is 7.90. The van der Waals surface area contributed by atoms with Crippen LogP contribution in [0.1, 0.15) is 45.6 Å². The summed E-state index contributed by atoms with van der Waals surface area (Å²) in [6.07, 6.45) is 6.96. The maximum Gasteiger partial charge on any atom is 0.312 e. The summed E-state index contributed by atoms with van der Waals surface area (Å²) in [5.41, 5.74) is 0.843. The molecule has 2 heteroatoms. The van der Waals surface area contributed by atoms with E-state index in [0.717, 1.165) is 24.8 Å². The Bertz CT molecular complexity index is 490. The van der Waals surface area contributed by atoms with Crippen molar-refractivity contribution in [3.05, 3.63) is 42.0 Å². The van der Waals surface area contributed by atoms with Crippen LogP contribution in [0, 0.1) is 17.3 Å².